The van der Waals surface area contributed by atoms with Crippen LogP contribution in [0.15, 0.2) is 10.1 Å². The Hall–Kier alpha value is 0.170. The van der Waals surface area contributed by atoms with Gasteiger partial charge in [-0.3, -0.25) is 0 Å². The van der Waals surface area contributed by atoms with Crippen molar-refractivity contribution in [3.05, 3.63) is 10.1 Å². The van der Waals surface area contributed by atoms with Crippen LogP contribution < -0.4 is 0 Å². The Bertz CT molecular complexity index is 174. The molecule has 0 aromatic heterocycles. The molecule has 4 heteroatoms. The summed E-state index contributed by atoms with van der Waals surface area (Å²) in [5, 5.41) is 0.694. The Morgan fingerprint density at radius 3 is 2.56 bits per heavy atom. The van der Waals surface area contributed by atoms with Gasteiger partial charge in [-0.2, -0.15) is 0 Å². The molecule has 1 heterocycles. The number of cyclic esters (lactones) is 1. The third-order valence-electron chi connectivity index (χ3n) is 1.03. The minimum atomic E-state index is -0.260. The van der Waals surface area contributed by atoms with E-state index in [-0.39, 0.29) is 5.97 Å². The van der Waals surface area contributed by atoms with Crippen molar-refractivity contribution in [3.63, 3.8) is 0 Å². The summed E-state index contributed by atoms with van der Waals surface area (Å²) in [7, 11) is 0. The zero-order valence-electron chi connectivity index (χ0n) is 4.49. The van der Waals surface area contributed by atoms with Crippen molar-refractivity contribution in [2.24, 2.45) is 0 Å². The van der Waals surface area contributed by atoms with Gasteiger partial charge in [0.25, 0.3) is 0 Å². The lowest BCUT2D eigenvalue weighted by Crippen LogP contribution is -1.93. The van der Waals surface area contributed by atoms with Crippen LogP contribution in [0.1, 0.15) is 0 Å². The standard InChI is InChI=1S/C5H4Br2O2/c6-1-3-2-9-5(8)4(3)7/h1-2H2. The van der Waals surface area contributed by atoms with E-state index in [1.165, 1.54) is 0 Å². The molecule has 9 heavy (non-hydrogen) atoms. The molecule has 0 aliphatic carbocycles. The van der Waals surface area contributed by atoms with Crippen LogP contribution in [-0.4, -0.2) is 17.9 Å². The highest BCUT2D eigenvalue weighted by Gasteiger charge is 2.20. The molecular weight excluding hydrogens is 252 g/mol. The van der Waals surface area contributed by atoms with E-state index < -0.39 is 0 Å². The lowest BCUT2D eigenvalue weighted by Gasteiger charge is -1.88. The molecule has 0 N–H and O–H groups in total. The van der Waals surface area contributed by atoms with Crippen molar-refractivity contribution >= 4 is 37.8 Å². The van der Waals surface area contributed by atoms with E-state index in [2.05, 4.69) is 36.6 Å². The van der Waals surface area contributed by atoms with E-state index in [4.69, 9.17) is 0 Å². The SMILES string of the molecule is O=C1OCC(CBr)=C1Br. The average Bonchev–Trinajstić information content (AvgIpc) is 2.15. The molecule has 0 unspecified atom stereocenters. The number of carbonyl (C=O) groups is 1. The van der Waals surface area contributed by atoms with Crippen molar-refractivity contribution < 1.29 is 9.53 Å². The molecule has 0 saturated heterocycles. The van der Waals surface area contributed by atoms with E-state index in [0.29, 0.717) is 16.4 Å². The summed E-state index contributed by atoms with van der Waals surface area (Å²) in [6.45, 7) is 0.421. The monoisotopic (exact) mass is 254 g/mol. The van der Waals surface area contributed by atoms with Crippen LogP contribution in [0.4, 0.5) is 0 Å². The van der Waals surface area contributed by atoms with Gasteiger partial charge < -0.3 is 4.74 Å². The smallest absolute Gasteiger partial charge is 0.345 e. The lowest BCUT2D eigenvalue weighted by molar-refractivity contribution is -0.135. The van der Waals surface area contributed by atoms with Crippen LogP contribution in [0.3, 0.4) is 0 Å². The van der Waals surface area contributed by atoms with Crippen molar-refractivity contribution in [2.75, 3.05) is 11.9 Å². The second-order valence-corrected chi connectivity index (χ2v) is 2.98. The summed E-state index contributed by atoms with van der Waals surface area (Å²) < 4.78 is 5.25. The average molecular weight is 256 g/mol. The van der Waals surface area contributed by atoms with Gasteiger partial charge in [0.15, 0.2) is 0 Å². The summed E-state index contributed by atoms with van der Waals surface area (Å²) in [5.74, 6) is -0.260. The zero-order chi connectivity index (χ0) is 6.85. The molecule has 0 saturated carbocycles. The van der Waals surface area contributed by atoms with Crippen molar-refractivity contribution in [3.8, 4) is 0 Å². The fourth-order valence-corrected chi connectivity index (χ4v) is 1.71. The maximum absolute atomic E-state index is 10.6. The first kappa shape index (κ1) is 7.28. The molecule has 0 amide bonds. The molecule has 0 bridgehead atoms. The first-order chi connectivity index (χ1) is 4.25. The normalized spacial score (nSPS) is 18.7. The van der Waals surface area contributed by atoms with Crippen LogP contribution in [0.2, 0.25) is 0 Å². The number of esters is 1. The van der Waals surface area contributed by atoms with E-state index in [0.717, 1.165) is 5.57 Å². The third kappa shape index (κ3) is 1.35. The summed E-state index contributed by atoms with van der Waals surface area (Å²) in [6.07, 6.45) is 0. The predicted molar refractivity (Wildman–Crippen MR) is 40.7 cm³/mol. The molecule has 0 aromatic rings. The number of hydrogen-bond acceptors (Lipinski definition) is 2. The van der Waals surface area contributed by atoms with Crippen LogP contribution in [0.25, 0.3) is 0 Å². The number of alkyl halides is 1. The molecule has 1 aliphatic rings. The molecule has 1 aliphatic heterocycles. The van der Waals surface area contributed by atoms with E-state index in [1.54, 1.807) is 0 Å². The van der Waals surface area contributed by atoms with E-state index in [9.17, 15) is 4.79 Å². The number of carbonyl (C=O) groups excluding carboxylic acids is 1. The van der Waals surface area contributed by atoms with Gasteiger partial charge in [0.05, 0.1) is 0 Å². The van der Waals surface area contributed by atoms with Gasteiger partial charge in [0.1, 0.15) is 11.1 Å². The lowest BCUT2D eigenvalue weighted by atomic mass is 10.3. The van der Waals surface area contributed by atoms with Crippen LogP contribution >= 0.6 is 31.9 Å². The Morgan fingerprint density at radius 1 is 1.67 bits per heavy atom. The van der Waals surface area contributed by atoms with Gasteiger partial charge in [-0.15, -0.1) is 0 Å². The van der Waals surface area contributed by atoms with Gasteiger partial charge in [0, 0.05) is 5.33 Å². The first-order valence-electron chi connectivity index (χ1n) is 2.36. The van der Waals surface area contributed by atoms with Gasteiger partial charge >= 0.3 is 5.97 Å². The largest absolute Gasteiger partial charge is 0.457 e. The quantitative estimate of drug-likeness (QED) is 0.526. The Morgan fingerprint density at radius 2 is 2.33 bits per heavy atom. The van der Waals surface area contributed by atoms with Crippen molar-refractivity contribution in [2.45, 2.75) is 0 Å². The topological polar surface area (TPSA) is 26.3 Å². The number of halogens is 2. The molecule has 50 valence electrons. The molecule has 1 rings (SSSR count). The number of hydrogen-bond donors (Lipinski definition) is 0. The molecule has 0 fully saturated rings. The maximum atomic E-state index is 10.6. The Balaban J connectivity index is 2.79. The second-order valence-electron chi connectivity index (χ2n) is 1.63. The molecular formula is C5H4Br2O2. The summed E-state index contributed by atoms with van der Waals surface area (Å²) in [6, 6.07) is 0. The van der Waals surface area contributed by atoms with E-state index in [1.807, 2.05) is 0 Å². The van der Waals surface area contributed by atoms with E-state index >= 15 is 0 Å². The molecule has 2 nitrogen and oxygen atoms in total. The van der Waals surface area contributed by atoms with Crippen LogP contribution in [0.5, 0.6) is 0 Å². The highest BCUT2D eigenvalue weighted by molar-refractivity contribution is 9.12. The number of ether oxygens (including phenoxy) is 1. The predicted octanol–water partition coefficient (Wildman–Crippen LogP) is 1.59. The highest BCUT2D eigenvalue weighted by Crippen LogP contribution is 2.22. The van der Waals surface area contributed by atoms with Crippen molar-refractivity contribution in [1.82, 2.24) is 0 Å². The molecule has 0 aromatic carbocycles. The minimum Gasteiger partial charge on any atom is -0.457 e. The van der Waals surface area contributed by atoms with Crippen LogP contribution in [0, 0.1) is 0 Å². The summed E-state index contributed by atoms with van der Waals surface area (Å²) >= 11 is 6.33. The Labute approximate surface area is 69.5 Å². The van der Waals surface area contributed by atoms with Gasteiger partial charge in [-0.1, -0.05) is 15.9 Å². The zero-order valence-corrected chi connectivity index (χ0v) is 7.66. The summed E-state index contributed by atoms with van der Waals surface area (Å²) in [4.78, 5) is 10.6. The molecule has 0 spiro atoms. The molecule has 0 radical (unpaired) electrons. The fraction of sp³-hybridized carbons (Fsp3) is 0.400. The minimum absolute atomic E-state index is 0.260. The number of rotatable bonds is 1. The third-order valence-corrected chi connectivity index (χ3v) is 2.59. The van der Waals surface area contributed by atoms with Gasteiger partial charge in [0.2, 0.25) is 0 Å². The fourth-order valence-electron chi connectivity index (χ4n) is 0.521. The first-order valence-corrected chi connectivity index (χ1v) is 4.27. The highest BCUT2D eigenvalue weighted by atomic mass is 79.9. The van der Waals surface area contributed by atoms with Gasteiger partial charge in [-0.05, 0) is 21.5 Å². The Kier molecular flexibility index (Phi) is 2.29. The maximum Gasteiger partial charge on any atom is 0.345 e. The second kappa shape index (κ2) is 2.84. The summed E-state index contributed by atoms with van der Waals surface area (Å²) in [5.41, 5.74) is 0.972. The van der Waals surface area contributed by atoms with Crippen LogP contribution in [-0.2, 0) is 9.53 Å². The molecule has 0 atom stereocenters. The van der Waals surface area contributed by atoms with Gasteiger partial charge in [-0.25, -0.2) is 4.79 Å². The van der Waals surface area contributed by atoms with Crippen molar-refractivity contribution in [1.29, 1.82) is 0 Å².